The molecule has 2 N–H and O–H groups in total. The first-order valence-electron chi connectivity index (χ1n) is 6.11. The maximum Gasteiger partial charge on any atom is 0.307 e. The number of benzene rings is 1. The lowest BCUT2D eigenvalue weighted by atomic mass is 10.0. The van der Waals surface area contributed by atoms with E-state index in [4.69, 9.17) is 9.84 Å². The minimum absolute atomic E-state index is 0.0749. The maximum absolute atomic E-state index is 10.8. The molecular formula is C14H21NO3. The van der Waals surface area contributed by atoms with Crippen molar-refractivity contribution < 1.29 is 14.6 Å². The molecule has 0 spiro atoms. The van der Waals surface area contributed by atoms with E-state index in [0.717, 1.165) is 24.3 Å². The van der Waals surface area contributed by atoms with Gasteiger partial charge in [-0.05, 0) is 17.0 Å². The number of aliphatic carboxylic acids is 1. The summed E-state index contributed by atoms with van der Waals surface area (Å²) in [5.41, 5.74) is 1.92. The minimum Gasteiger partial charge on any atom is -0.481 e. The molecule has 4 nitrogen and oxygen atoms in total. The molecule has 1 atom stereocenters. The molecule has 1 rings (SSSR count). The normalized spacial score (nSPS) is 12.3. The van der Waals surface area contributed by atoms with Crippen LogP contribution in [0.25, 0.3) is 0 Å². The van der Waals surface area contributed by atoms with Crippen LogP contribution >= 0.6 is 0 Å². The number of rotatable bonds is 8. The third-order valence-electron chi connectivity index (χ3n) is 2.72. The van der Waals surface area contributed by atoms with Crippen LogP contribution in [0.4, 0.5) is 0 Å². The highest BCUT2D eigenvalue weighted by Crippen LogP contribution is 2.09. The fourth-order valence-electron chi connectivity index (χ4n) is 1.86. The van der Waals surface area contributed by atoms with Crippen LogP contribution in [0.1, 0.15) is 18.1 Å². The molecule has 1 aromatic rings. The number of methoxy groups -OCH3 is 1. The van der Waals surface area contributed by atoms with Gasteiger partial charge in [-0.3, -0.25) is 4.79 Å². The molecule has 0 aliphatic carbocycles. The van der Waals surface area contributed by atoms with Crippen LogP contribution in [-0.2, 0) is 22.5 Å². The van der Waals surface area contributed by atoms with Gasteiger partial charge in [-0.25, -0.2) is 0 Å². The van der Waals surface area contributed by atoms with E-state index >= 15 is 0 Å². The Morgan fingerprint density at radius 3 is 2.67 bits per heavy atom. The van der Waals surface area contributed by atoms with E-state index in [0.29, 0.717) is 12.5 Å². The lowest BCUT2D eigenvalue weighted by Gasteiger charge is -2.13. The van der Waals surface area contributed by atoms with Crippen molar-refractivity contribution in [2.75, 3.05) is 20.3 Å². The fraction of sp³-hybridized carbons (Fsp3) is 0.500. The molecule has 0 heterocycles. The summed E-state index contributed by atoms with van der Waals surface area (Å²) >= 11 is 0. The number of nitrogens with one attached hydrogen (secondary N) is 1. The summed E-state index contributed by atoms with van der Waals surface area (Å²) in [6.07, 6.45) is 0.0749. The lowest BCUT2D eigenvalue weighted by molar-refractivity contribution is -0.136. The van der Waals surface area contributed by atoms with E-state index < -0.39 is 5.97 Å². The Hall–Kier alpha value is -1.39. The number of ether oxygens (including phenoxy) is 1. The summed E-state index contributed by atoms with van der Waals surface area (Å²) in [5.74, 6) is -0.350. The number of carboxylic acid groups (broad SMARTS) is 1. The number of hydrogen-bond acceptors (Lipinski definition) is 3. The molecule has 0 aliphatic heterocycles. The molecule has 0 radical (unpaired) electrons. The Kier molecular flexibility index (Phi) is 6.39. The Morgan fingerprint density at radius 2 is 2.06 bits per heavy atom. The Labute approximate surface area is 108 Å². The largest absolute Gasteiger partial charge is 0.481 e. The molecule has 1 unspecified atom stereocenters. The molecule has 0 bridgehead atoms. The Balaban J connectivity index is 2.48. The zero-order chi connectivity index (χ0) is 13.4. The van der Waals surface area contributed by atoms with E-state index in [2.05, 4.69) is 12.2 Å². The van der Waals surface area contributed by atoms with Gasteiger partial charge in [0.05, 0.1) is 6.42 Å². The zero-order valence-corrected chi connectivity index (χ0v) is 11.0. The van der Waals surface area contributed by atoms with E-state index in [1.807, 2.05) is 24.3 Å². The van der Waals surface area contributed by atoms with Crippen LogP contribution in [0.2, 0.25) is 0 Å². The molecular weight excluding hydrogens is 230 g/mol. The first kappa shape index (κ1) is 14.7. The summed E-state index contributed by atoms with van der Waals surface area (Å²) in [5, 5.41) is 12.2. The summed E-state index contributed by atoms with van der Waals surface area (Å²) in [6.45, 7) is 4.39. The van der Waals surface area contributed by atoms with Crippen LogP contribution in [0.15, 0.2) is 24.3 Å². The zero-order valence-electron chi connectivity index (χ0n) is 11.0. The highest BCUT2D eigenvalue weighted by molar-refractivity contribution is 5.70. The van der Waals surface area contributed by atoms with Crippen molar-refractivity contribution in [2.45, 2.75) is 19.9 Å². The van der Waals surface area contributed by atoms with Gasteiger partial charge >= 0.3 is 5.97 Å². The molecule has 100 valence electrons. The molecule has 0 aromatic heterocycles. The molecule has 4 heteroatoms. The topological polar surface area (TPSA) is 58.6 Å². The van der Waals surface area contributed by atoms with Gasteiger partial charge in [0.25, 0.3) is 0 Å². The lowest BCUT2D eigenvalue weighted by Crippen LogP contribution is -2.24. The van der Waals surface area contributed by atoms with Crippen LogP contribution in [0.3, 0.4) is 0 Å². The van der Waals surface area contributed by atoms with Gasteiger partial charge in [0.15, 0.2) is 0 Å². The van der Waals surface area contributed by atoms with Crippen molar-refractivity contribution >= 4 is 5.97 Å². The maximum atomic E-state index is 10.8. The van der Waals surface area contributed by atoms with Gasteiger partial charge < -0.3 is 15.2 Å². The molecule has 0 fully saturated rings. The third-order valence-corrected chi connectivity index (χ3v) is 2.72. The highest BCUT2D eigenvalue weighted by atomic mass is 16.5. The monoisotopic (exact) mass is 251 g/mol. The standard InChI is InChI=1S/C14H21NO3/c1-11(10-18-2)8-15-9-13-6-4-3-5-12(13)7-14(16)17/h3-6,11,15H,7-10H2,1-2H3,(H,16,17). The molecule has 0 aliphatic rings. The van der Waals surface area contributed by atoms with E-state index in [1.165, 1.54) is 0 Å². The van der Waals surface area contributed by atoms with Crippen LogP contribution in [-0.4, -0.2) is 31.3 Å². The highest BCUT2D eigenvalue weighted by Gasteiger charge is 2.06. The van der Waals surface area contributed by atoms with Crippen molar-refractivity contribution in [3.63, 3.8) is 0 Å². The van der Waals surface area contributed by atoms with Crippen LogP contribution in [0, 0.1) is 5.92 Å². The smallest absolute Gasteiger partial charge is 0.307 e. The van der Waals surface area contributed by atoms with Crippen molar-refractivity contribution in [1.29, 1.82) is 0 Å². The second-order valence-corrected chi connectivity index (χ2v) is 4.53. The van der Waals surface area contributed by atoms with Crippen molar-refractivity contribution in [3.05, 3.63) is 35.4 Å². The second-order valence-electron chi connectivity index (χ2n) is 4.53. The van der Waals surface area contributed by atoms with Crippen LogP contribution < -0.4 is 5.32 Å². The summed E-state index contributed by atoms with van der Waals surface area (Å²) in [7, 11) is 1.69. The van der Waals surface area contributed by atoms with E-state index in [9.17, 15) is 4.79 Å². The van der Waals surface area contributed by atoms with Gasteiger partial charge in [-0.15, -0.1) is 0 Å². The fourth-order valence-corrected chi connectivity index (χ4v) is 1.86. The third kappa shape index (κ3) is 5.29. The molecule has 18 heavy (non-hydrogen) atoms. The number of carbonyl (C=O) groups is 1. The Morgan fingerprint density at radius 1 is 1.39 bits per heavy atom. The predicted octanol–water partition coefficient (Wildman–Crippen LogP) is 1.69. The van der Waals surface area contributed by atoms with Crippen molar-refractivity contribution in [1.82, 2.24) is 5.32 Å². The van der Waals surface area contributed by atoms with E-state index in [1.54, 1.807) is 7.11 Å². The first-order valence-corrected chi connectivity index (χ1v) is 6.11. The predicted molar refractivity (Wildman–Crippen MR) is 70.5 cm³/mol. The average Bonchev–Trinajstić information content (AvgIpc) is 2.31. The molecule has 0 saturated carbocycles. The first-order chi connectivity index (χ1) is 8.63. The number of hydrogen-bond donors (Lipinski definition) is 2. The van der Waals surface area contributed by atoms with Crippen LogP contribution in [0.5, 0.6) is 0 Å². The second kappa shape index (κ2) is 7.84. The van der Waals surface area contributed by atoms with E-state index in [-0.39, 0.29) is 6.42 Å². The molecule has 0 amide bonds. The van der Waals surface area contributed by atoms with Crippen molar-refractivity contribution in [2.24, 2.45) is 5.92 Å². The van der Waals surface area contributed by atoms with Gasteiger partial charge in [0.2, 0.25) is 0 Å². The van der Waals surface area contributed by atoms with Gasteiger partial charge in [0.1, 0.15) is 0 Å². The summed E-state index contributed by atoms with van der Waals surface area (Å²) < 4.78 is 5.07. The van der Waals surface area contributed by atoms with Gasteiger partial charge in [-0.1, -0.05) is 31.2 Å². The average molecular weight is 251 g/mol. The van der Waals surface area contributed by atoms with Gasteiger partial charge in [0, 0.05) is 26.8 Å². The minimum atomic E-state index is -0.796. The molecule has 1 aromatic carbocycles. The van der Waals surface area contributed by atoms with Gasteiger partial charge in [-0.2, -0.15) is 0 Å². The Bertz CT molecular complexity index is 379. The number of carboxylic acids is 1. The SMILES string of the molecule is COCC(C)CNCc1ccccc1CC(=O)O. The quantitative estimate of drug-likeness (QED) is 0.738. The summed E-state index contributed by atoms with van der Waals surface area (Å²) in [4.78, 5) is 10.8. The molecule has 0 saturated heterocycles. The van der Waals surface area contributed by atoms with Crippen molar-refractivity contribution in [3.8, 4) is 0 Å². The summed E-state index contributed by atoms with van der Waals surface area (Å²) in [6, 6.07) is 7.63.